The van der Waals surface area contributed by atoms with Crippen LogP contribution >= 0.6 is 0 Å². The highest BCUT2D eigenvalue weighted by Gasteiger charge is 2.09. The normalized spacial score (nSPS) is 18.4. The molecule has 2 rings (SSSR count). The van der Waals surface area contributed by atoms with Gasteiger partial charge in [-0.1, -0.05) is 36.2 Å². The molecule has 14 heavy (non-hydrogen) atoms. The van der Waals surface area contributed by atoms with E-state index in [0.29, 0.717) is 0 Å². The monoisotopic (exact) mass is 189 g/mol. The Morgan fingerprint density at radius 2 is 1.64 bits per heavy atom. The van der Waals surface area contributed by atoms with Gasteiger partial charge >= 0.3 is 0 Å². The van der Waals surface area contributed by atoms with Crippen LogP contribution in [-0.2, 0) is 6.54 Å². The molecule has 0 N–H and O–H groups in total. The van der Waals surface area contributed by atoms with Gasteiger partial charge in [-0.3, -0.25) is 4.90 Å². The molecule has 1 saturated heterocycles. The minimum Gasteiger partial charge on any atom is -0.299 e. The number of nitrogens with zero attached hydrogens (tertiary/aromatic N) is 1. The van der Waals surface area contributed by atoms with E-state index in [2.05, 4.69) is 36.1 Å². The maximum atomic E-state index is 2.56. The molecule has 1 aromatic rings. The molecular weight excluding hydrogens is 170 g/mol. The molecule has 1 nitrogen and oxygen atoms in total. The first-order valence-corrected chi connectivity index (χ1v) is 5.62. The molecule has 1 aliphatic rings. The Hall–Kier alpha value is -0.820. The minimum absolute atomic E-state index is 1.14. The highest BCUT2D eigenvalue weighted by atomic mass is 15.1. The van der Waals surface area contributed by atoms with Gasteiger partial charge in [0.25, 0.3) is 0 Å². The zero-order valence-electron chi connectivity index (χ0n) is 9.00. The van der Waals surface area contributed by atoms with Crippen LogP contribution in [0, 0.1) is 6.92 Å². The quantitative estimate of drug-likeness (QED) is 0.691. The fourth-order valence-corrected chi connectivity index (χ4v) is 2.07. The van der Waals surface area contributed by atoms with Crippen molar-refractivity contribution < 1.29 is 0 Å². The summed E-state index contributed by atoms with van der Waals surface area (Å²) >= 11 is 0. The summed E-state index contributed by atoms with van der Waals surface area (Å²) in [5, 5.41) is 0. The topological polar surface area (TPSA) is 3.24 Å². The van der Waals surface area contributed by atoms with Crippen molar-refractivity contribution in [2.45, 2.75) is 32.7 Å². The van der Waals surface area contributed by atoms with Crippen LogP contribution < -0.4 is 0 Å². The molecule has 0 bridgehead atoms. The van der Waals surface area contributed by atoms with Crippen molar-refractivity contribution in [3.05, 3.63) is 35.4 Å². The van der Waals surface area contributed by atoms with Crippen LogP contribution in [0.1, 0.15) is 30.4 Å². The Bertz CT molecular complexity index is 270. The summed E-state index contributed by atoms with van der Waals surface area (Å²) in [6.45, 7) is 5.85. The van der Waals surface area contributed by atoms with Crippen LogP contribution in [0.25, 0.3) is 0 Å². The van der Waals surface area contributed by atoms with Crippen LogP contribution in [-0.4, -0.2) is 18.0 Å². The minimum atomic E-state index is 1.14. The second-order valence-corrected chi connectivity index (χ2v) is 4.32. The Morgan fingerprint density at radius 3 is 2.29 bits per heavy atom. The van der Waals surface area contributed by atoms with Crippen LogP contribution in [0.5, 0.6) is 0 Å². The Balaban J connectivity index is 1.92. The molecule has 1 aliphatic heterocycles. The molecular formula is C13H19N. The summed E-state index contributed by atoms with van der Waals surface area (Å²) in [7, 11) is 0. The fourth-order valence-electron chi connectivity index (χ4n) is 2.07. The number of rotatable bonds is 2. The summed E-state index contributed by atoms with van der Waals surface area (Å²) < 4.78 is 0. The molecule has 0 amide bonds. The van der Waals surface area contributed by atoms with Gasteiger partial charge in [0.05, 0.1) is 0 Å². The van der Waals surface area contributed by atoms with Gasteiger partial charge in [-0.05, 0) is 38.4 Å². The fraction of sp³-hybridized carbons (Fsp3) is 0.538. The zero-order valence-corrected chi connectivity index (χ0v) is 9.00. The van der Waals surface area contributed by atoms with Crippen LogP contribution in [0.2, 0.25) is 0 Å². The molecule has 0 unspecified atom stereocenters. The maximum absolute atomic E-state index is 2.56. The molecule has 1 fully saturated rings. The van der Waals surface area contributed by atoms with Crippen molar-refractivity contribution in [2.24, 2.45) is 0 Å². The SMILES string of the molecule is Cc1ccc(CN2CCCCC2)cc1. The number of hydrogen-bond acceptors (Lipinski definition) is 1. The number of aryl methyl sites for hydroxylation is 1. The molecule has 0 atom stereocenters. The molecule has 0 aromatic heterocycles. The molecule has 1 heteroatoms. The van der Waals surface area contributed by atoms with Crippen molar-refractivity contribution in [1.29, 1.82) is 0 Å². The van der Waals surface area contributed by atoms with Crippen molar-refractivity contribution in [3.63, 3.8) is 0 Å². The first-order valence-electron chi connectivity index (χ1n) is 5.62. The van der Waals surface area contributed by atoms with E-state index in [4.69, 9.17) is 0 Å². The summed E-state index contributed by atoms with van der Waals surface area (Å²) in [6.07, 6.45) is 4.18. The molecule has 1 heterocycles. The first kappa shape index (κ1) is 9.72. The first-order chi connectivity index (χ1) is 6.84. The average molecular weight is 189 g/mol. The van der Waals surface area contributed by atoms with E-state index in [1.807, 2.05) is 0 Å². The second kappa shape index (κ2) is 4.61. The van der Waals surface area contributed by atoms with Gasteiger partial charge in [0.15, 0.2) is 0 Å². The second-order valence-electron chi connectivity index (χ2n) is 4.32. The Labute approximate surface area is 86.7 Å². The van der Waals surface area contributed by atoms with Crippen molar-refractivity contribution in [1.82, 2.24) is 4.90 Å². The van der Waals surface area contributed by atoms with Crippen molar-refractivity contribution in [2.75, 3.05) is 13.1 Å². The third kappa shape index (κ3) is 2.58. The van der Waals surface area contributed by atoms with E-state index < -0.39 is 0 Å². The standard InChI is InChI=1S/C13H19N/c1-12-5-7-13(8-6-12)11-14-9-3-2-4-10-14/h5-8H,2-4,9-11H2,1H3. The lowest BCUT2D eigenvalue weighted by atomic mass is 10.1. The van der Waals surface area contributed by atoms with Crippen molar-refractivity contribution >= 4 is 0 Å². The maximum Gasteiger partial charge on any atom is 0.0233 e. The molecule has 0 aliphatic carbocycles. The third-order valence-electron chi connectivity index (χ3n) is 2.98. The molecule has 76 valence electrons. The lowest BCUT2D eigenvalue weighted by molar-refractivity contribution is 0.221. The lowest BCUT2D eigenvalue weighted by Gasteiger charge is -2.26. The van der Waals surface area contributed by atoms with Gasteiger partial charge in [-0.2, -0.15) is 0 Å². The van der Waals surface area contributed by atoms with E-state index in [1.54, 1.807) is 0 Å². The Kier molecular flexibility index (Phi) is 3.20. The highest BCUT2D eigenvalue weighted by molar-refractivity contribution is 5.21. The molecule has 0 spiro atoms. The van der Waals surface area contributed by atoms with Gasteiger partial charge in [-0.15, -0.1) is 0 Å². The van der Waals surface area contributed by atoms with Crippen LogP contribution in [0.3, 0.4) is 0 Å². The van der Waals surface area contributed by atoms with E-state index >= 15 is 0 Å². The van der Waals surface area contributed by atoms with Gasteiger partial charge in [0.2, 0.25) is 0 Å². The Morgan fingerprint density at radius 1 is 1.00 bits per heavy atom. The summed E-state index contributed by atoms with van der Waals surface area (Å²) in [5.74, 6) is 0. The van der Waals surface area contributed by atoms with E-state index in [-0.39, 0.29) is 0 Å². The number of hydrogen-bond donors (Lipinski definition) is 0. The van der Waals surface area contributed by atoms with Crippen LogP contribution in [0.15, 0.2) is 24.3 Å². The van der Waals surface area contributed by atoms with Gasteiger partial charge < -0.3 is 0 Å². The van der Waals surface area contributed by atoms with Gasteiger partial charge in [0, 0.05) is 6.54 Å². The summed E-state index contributed by atoms with van der Waals surface area (Å²) in [4.78, 5) is 2.56. The predicted molar refractivity (Wildman–Crippen MR) is 60.3 cm³/mol. The van der Waals surface area contributed by atoms with E-state index in [9.17, 15) is 0 Å². The third-order valence-corrected chi connectivity index (χ3v) is 2.98. The number of likely N-dealkylation sites (tertiary alicyclic amines) is 1. The molecule has 0 saturated carbocycles. The average Bonchev–Trinajstić information content (AvgIpc) is 2.23. The predicted octanol–water partition coefficient (Wildman–Crippen LogP) is 2.98. The van der Waals surface area contributed by atoms with Crippen LogP contribution in [0.4, 0.5) is 0 Å². The van der Waals surface area contributed by atoms with E-state index in [1.165, 1.54) is 43.5 Å². The smallest absolute Gasteiger partial charge is 0.0233 e. The summed E-state index contributed by atoms with van der Waals surface area (Å²) in [5.41, 5.74) is 2.81. The summed E-state index contributed by atoms with van der Waals surface area (Å²) in [6, 6.07) is 8.92. The molecule has 1 aromatic carbocycles. The zero-order chi connectivity index (χ0) is 9.80. The molecule has 0 radical (unpaired) electrons. The number of benzene rings is 1. The van der Waals surface area contributed by atoms with Gasteiger partial charge in [-0.25, -0.2) is 0 Å². The van der Waals surface area contributed by atoms with Crippen molar-refractivity contribution in [3.8, 4) is 0 Å². The number of piperidine rings is 1. The van der Waals surface area contributed by atoms with E-state index in [0.717, 1.165) is 6.54 Å². The van der Waals surface area contributed by atoms with Gasteiger partial charge in [0.1, 0.15) is 0 Å². The highest BCUT2D eigenvalue weighted by Crippen LogP contribution is 2.13. The largest absolute Gasteiger partial charge is 0.299 e. The lowest BCUT2D eigenvalue weighted by Crippen LogP contribution is -2.28.